The summed E-state index contributed by atoms with van der Waals surface area (Å²) < 4.78 is 6.32. The summed E-state index contributed by atoms with van der Waals surface area (Å²) >= 11 is 1.57. The van der Waals surface area contributed by atoms with Crippen molar-refractivity contribution >= 4 is 22.9 Å². The van der Waals surface area contributed by atoms with Gasteiger partial charge in [-0.25, -0.2) is 0 Å². The number of carbonyl (C=O) groups is 1. The van der Waals surface area contributed by atoms with E-state index in [1.54, 1.807) is 23.3 Å². The number of aromatic nitrogens is 1. The molecule has 1 saturated heterocycles. The van der Waals surface area contributed by atoms with E-state index in [1.807, 2.05) is 30.6 Å². The fourth-order valence-electron chi connectivity index (χ4n) is 4.02. The van der Waals surface area contributed by atoms with Crippen LogP contribution in [0.4, 0.5) is 5.69 Å². The van der Waals surface area contributed by atoms with Crippen molar-refractivity contribution in [2.45, 2.75) is 24.9 Å². The maximum Gasteiger partial charge on any atom is 0.263 e. The molecule has 1 N–H and O–H groups in total. The Bertz CT molecular complexity index is 800. The highest BCUT2D eigenvalue weighted by atomic mass is 32.1. The van der Waals surface area contributed by atoms with Gasteiger partial charge in [0.05, 0.1) is 18.1 Å². The van der Waals surface area contributed by atoms with E-state index in [0.29, 0.717) is 13.2 Å². The summed E-state index contributed by atoms with van der Waals surface area (Å²) in [6, 6.07) is 6.13. The first-order valence-corrected chi connectivity index (χ1v) is 10.2. The third-order valence-corrected chi connectivity index (χ3v) is 6.92. The van der Waals surface area contributed by atoms with E-state index in [2.05, 4.69) is 9.88 Å². The lowest BCUT2D eigenvalue weighted by Gasteiger charge is -2.44. The summed E-state index contributed by atoms with van der Waals surface area (Å²) in [7, 11) is 1.73. The molecular weight excluding hydrogens is 362 g/mol. The second-order valence-corrected chi connectivity index (χ2v) is 8.25. The van der Waals surface area contributed by atoms with E-state index >= 15 is 0 Å². The number of pyridine rings is 1. The summed E-state index contributed by atoms with van der Waals surface area (Å²) in [5, 5.41) is 9.09. The van der Waals surface area contributed by atoms with Crippen LogP contribution in [0.25, 0.3) is 0 Å². The predicted octanol–water partition coefficient (Wildman–Crippen LogP) is 2.28. The van der Waals surface area contributed by atoms with Gasteiger partial charge in [-0.15, -0.1) is 11.3 Å². The lowest BCUT2D eigenvalue weighted by molar-refractivity contribution is -0.0735. The quantitative estimate of drug-likeness (QED) is 0.872. The van der Waals surface area contributed by atoms with Crippen LogP contribution < -0.4 is 4.90 Å². The van der Waals surface area contributed by atoms with Crippen LogP contribution in [0.2, 0.25) is 0 Å². The minimum atomic E-state index is -0.268. The number of ether oxygens (including phenoxy) is 1. The molecule has 0 unspecified atom stereocenters. The molecule has 0 aromatic carbocycles. The van der Waals surface area contributed by atoms with Crippen molar-refractivity contribution in [2.75, 3.05) is 44.8 Å². The minimum Gasteiger partial charge on any atom is -0.395 e. The summed E-state index contributed by atoms with van der Waals surface area (Å²) in [6.07, 6.45) is 6.36. The molecular formula is C20H25N3O3S. The Morgan fingerprint density at radius 3 is 2.81 bits per heavy atom. The van der Waals surface area contributed by atoms with Crippen molar-refractivity contribution in [1.29, 1.82) is 0 Å². The van der Waals surface area contributed by atoms with Crippen LogP contribution in [0.1, 0.15) is 33.0 Å². The van der Waals surface area contributed by atoms with Crippen molar-refractivity contribution in [3.8, 4) is 0 Å². The predicted molar refractivity (Wildman–Crippen MR) is 105 cm³/mol. The smallest absolute Gasteiger partial charge is 0.263 e. The Kier molecular flexibility index (Phi) is 5.16. The molecule has 0 atom stereocenters. The number of thiophene rings is 1. The third kappa shape index (κ3) is 3.47. The molecule has 0 saturated carbocycles. The molecule has 2 aromatic heterocycles. The molecule has 2 aliphatic rings. The number of anilines is 1. The van der Waals surface area contributed by atoms with E-state index in [1.165, 1.54) is 16.1 Å². The Hall–Kier alpha value is -1.96. The van der Waals surface area contributed by atoms with Gasteiger partial charge in [0.25, 0.3) is 5.91 Å². The average molecular weight is 388 g/mol. The molecule has 4 rings (SSSR count). The number of hydrogen-bond donors (Lipinski definition) is 1. The second kappa shape index (κ2) is 7.58. The van der Waals surface area contributed by atoms with E-state index in [9.17, 15) is 4.79 Å². The molecule has 144 valence electrons. The highest BCUT2D eigenvalue weighted by Gasteiger charge is 2.43. The van der Waals surface area contributed by atoms with Gasteiger partial charge in [0, 0.05) is 49.6 Å². The van der Waals surface area contributed by atoms with Crippen LogP contribution in [-0.2, 0) is 16.8 Å². The van der Waals surface area contributed by atoms with Crippen LogP contribution in [0, 0.1) is 0 Å². The number of fused-ring (bicyclic) bond motifs is 2. The second-order valence-electron chi connectivity index (χ2n) is 7.20. The number of piperidine rings is 1. The van der Waals surface area contributed by atoms with Gasteiger partial charge in [-0.3, -0.25) is 9.78 Å². The van der Waals surface area contributed by atoms with Gasteiger partial charge in [0.2, 0.25) is 0 Å². The van der Waals surface area contributed by atoms with E-state index in [-0.39, 0.29) is 18.1 Å². The Morgan fingerprint density at radius 2 is 2.11 bits per heavy atom. The Balaban J connectivity index is 1.54. The monoisotopic (exact) mass is 387 g/mol. The number of nitrogens with zero attached hydrogens (tertiary/aromatic N) is 3. The number of aliphatic hydroxyl groups is 1. The highest BCUT2D eigenvalue weighted by molar-refractivity contribution is 7.14. The maximum absolute atomic E-state index is 12.6. The van der Waals surface area contributed by atoms with Gasteiger partial charge < -0.3 is 19.6 Å². The van der Waals surface area contributed by atoms with Crippen molar-refractivity contribution in [3.63, 3.8) is 0 Å². The van der Waals surface area contributed by atoms with Crippen LogP contribution in [-0.4, -0.2) is 60.8 Å². The Labute approximate surface area is 163 Å². The number of rotatable bonds is 4. The first-order valence-electron chi connectivity index (χ1n) is 9.41. The molecule has 6 nitrogen and oxygen atoms in total. The van der Waals surface area contributed by atoms with Gasteiger partial charge in [-0.2, -0.15) is 0 Å². The first-order chi connectivity index (χ1) is 13.1. The van der Waals surface area contributed by atoms with Crippen molar-refractivity contribution in [1.82, 2.24) is 9.88 Å². The van der Waals surface area contributed by atoms with Crippen LogP contribution >= 0.6 is 11.3 Å². The van der Waals surface area contributed by atoms with Crippen molar-refractivity contribution < 1.29 is 14.6 Å². The molecule has 0 bridgehead atoms. The fraction of sp³-hybridized carbons (Fsp3) is 0.500. The number of likely N-dealkylation sites (N-methyl/N-ethyl adjacent to an activating group) is 1. The molecule has 27 heavy (non-hydrogen) atoms. The van der Waals surface area contributed by atoms with Gasteiger partial charge in [0.1, 0.15) is 5.60 Å². The van der Waals surface area contributed by atoms with E-state index < -0.39 is 0 Å². The molecule has 1 spiro atoms. The molecule has 1 amide bonds. The molecule has 2 aliphatic heterocycles. The topological polar surface area (TPSA) is 65.9 Å². The lowest BCUT2D eigenvalue weighted by atomic mass is 9.85. The number of hydrogen-bond acceptors (Lipinski definition) is 6. The standard InChI is InChI=1S/C20H25N3O3S/c1-22(11-12-24)19(25)17-14-15-4-13-26-20(18(15)27-17)5-9-23(10-6-20)16-2-7-21-8-3-16/h2-3,7-8,14,24H,4-6,9-13H2,1H3. The number of aliphatic hydroxyl groups excluding tert-OH is 1. The van der Waals surface area contributed by atoms with Crippen LogP contribution in [0.15, 0.2) is 30.6 Å². The molecule has 1 fully saturated rings. The third-order valence-electron chi connectivity index (χ3n) is 5.56. The first kappa shape index (κ1) is 18.4. The van der Waals surface area contributed by atoms with Gasteiger partial charge in [-0.05, 0) is 43.0 Å². The van der Waals surface area contributed by atoms with Gasteiger partial charge >= 0.3 is 0 Å². The van der Waals surface area contributed by atoms with Crippen LogP contribution in [0.5, 0.6) is 0 Å². The zero-order valence-electron chi connectivity index (χ0n) is 15.6. The summed E-state index contributed by atoms with van der Waals surface area (Å²) in [4.78, 5) is 22.7. The van der Waals surface area contributed by atoms with Crippen molar-refractivity contribution in [3.05, 3.63) is 45.9 Å². The van der Waals surface area contributed by atoms with Gasteiger partial charge in [-0.1, -0.05) is 0 Å². The minimum absolute atomic E-state index is 0.0205. The average Bonchev–Trinajstić information content (AvgIpc) is 3.15. The SMILES string of the molecule is CN(CCO)C(=O)c1cc2c(s1)C1(CCN(c3ccncc3)CC1)OCC2. The molecule has 0 radical (unpaired) electrons. The summed E-state index contributed by atoms with van der Waals surface area (Å²) in [5.41, 5.74) is 2.18. The van der Waals surface area contributed by atoms with Crippen LogP contribution in [0.3, 0.4) is 0 Å². The van der Waals surface area contributed by atoms with E-state index in [0.717, 1.165) is 37.2 Å². The molecule has 7 heteroatoms. The summed E-state index contributed by atoms with van der Waals surface area (Å²) in [6.45, 7) is 2.89. The summed E-state index contributed by atoms with van der Waals surface area (Å²) in [5.74, 6) is -0.0205. The Morgan fingerprint density at radius 1 is 1.37 bits per heavy atom. The molecule has 0 aliphatic carbocycles. The highest BCUT2D eigenvalue weighted by Crippen LogP contribution is 2.46. The fourth-order valence-corrected chi connectivity index (χ4v) is 5.42. The number of amides is 1. The largest absolute Gasteiger partial charge is 0.395 e. The van der Waals surface area contributed by atoms with Crippen molar-refractivity contribution in [2.24, 2.45) is 0 Å². The van der Waals surface area contributed by atoms with E-state index in [4.69, 9.17) is 9.84 Å². The maximum atomic E-state index is 12.6. The zero-order valence-corrected chi connectivity index (χ0v) is 16.4. The lowest BCUT2D eigenvalue weighted by Crippen LogP contribution is -2.46. The molecule has 4 heterocycles. The number of carbonyl (C=O) groups excluding carboxylic acids is 1. The normalized spacial score (nSPS) is 18.4. The van der Waals surface area contributed by atoms with Gasteiger partial charge in [0.15, 0.2) is 0 Å². The molecule has 2 aromatic rings. The zero-order chi connectivity index (χ0) is 18.9.